The smallest absolute Gasteiger partial charge is 0.237 e. The molecule has 1 fully saturated rings. The van der Waals surface area contributed by atoms with Gasteiger partial charge in [-0.1, -0.05) is 32.9 Å². The summed E-state index contributed by atoms with van der Waals surface area (Å²) in [6.07, 6.45) is 0. The normalized spacial score (nSPS) is 21.5. The van der Waals surface area contributed by atoms with Crippen molar-refractivity contribution in [3.63, 3.8) is 0 Å². The molecule has 0 spiro atoms. The summed E-state index contributed by atoms with van der Waals surface area (Å²) >= 11 is 0. The molecule has 1 saturated heterocycles. The molecule has 2 amide bonds. The minimum atomic E-state index is -0.725. The van der Waals surface area contributed by atoms with Crippen LogP contribution in [0.4, 0.5) is 5.69 Å². The van der Waals surface area contributed by atoms with Crippen LogP contribution in [0.1, 0.15) is 26.3 Å². The lowest BCUT2D eigenvalue weighted by Crippen LogP contribution is -2.37. The number of anilines is 1. The number of nitrogens with one attached hydrogen (secondary N) is 2. The molecular weight excluding hydrogens is 266 g/mol. The van der Waals surface area contributed by atoms with Gasteiger partial charge in [-0.2, -0.15) is 5.26 Å². The highest BCUT2D eigenvalue weighted by Gasteiger charge is 2.45. The lowest BCUT2D eigenvalue weighted by molar-refractivity contribution is -0.132. The first-order valence-corrected chi connectivity index (χ1v) is 6.92. The van der Waals surface area contributed by atoms with Gasteiger partial charge in [-0.15, -0.1) is 0 Å². The van der Waals surface area contributed by atoms with E-state index in [1.807, 2.05) is 26.8 Å². The number of hydrogen-bond acceptors (Lipinski definition) is 3. The van der Waals surface area contributed by atoms with E-state index in [9.17, 15) is 9.59 Å². The van der Waals surface area contributed by atoms with E-state index < -0.39 is 5.92 Å². The van der Waals surface area contributed by atoms with E-state index in [1.165, 1.54) is 0 Å². The lowest BCUT2D eigenvalue weighted by atomic mass is 9.74. The van der Waals surface area contributed by atoms with Gasteiger partial charge in [-0.3, -0.25) is 9.59 Å². The monoisotopic (exact) mass is 285 g/mol. The average molecular weight is 285 g/mol. The second-order valence-corrected chi connectivity index (χ2v) is 6.34. The summed E-state index contributed by atoms with van der Waals surface area (Å²) < 4.78 is 0. The summed E-state index contributed by atoms with van der Waals surface area (Å²) in [5, 5.41) is 14.5. The fourth-order valence-electron chi connectivity index (χ4n) is 2.63. The number of carbonyl (C=O) groups excluding carboxylic acids is 2. The Labute approximate surface area is 124 Å². The highest BCUT2D eigenvalue weighted by atomic mass is 16.2. The molecule has 1 aliphatic heterocycles. The van der Waals surface area contributed by atoms with Crippen molar-refractivity contribution in [2.45, 2.75) is 20.8 Å². The molecule has 21 heavy (non-hydrogen) atoms. The summed E-state index contributed by atoms with van der Waals surface area (Å²) in [7, 11) is 0. The largest absolute Gasteiger partial charge is 0.355 e. The molecule has 0 bridgehead atoms. The summed E-state index contributed by atoms with van der Waals surface area (Å²) in [6.45, 7) is 6.55. The van der Waals surface area contributed by atoms with Crippen molar-refractivity contribution in [3.8, 4) is 6.07 Å². The van der Waals surface area contributed by atoms with E-state index in [2.05, 4.69) is 10.6 Å². The van der Waals surface area contributed by atoms with Crippen molar-refractivity contribution in [3.05, 3.63) is 29.8 Å². The summed E-state index contributed by atoms with van der Waals surface area (Å²) in [6, 6.07) is 8.79. The van der Waals surface area contributed by atoms with Crippen LogP contribution in [-0.4, -0.2) is 18.4 Å². The predicted octanol–water partition coefficient (Wildman–Crippen LogP) is 1.91. The average Bonchev–Trinajstić information content (AvgIpc) is 2.81. The Hall–Kier alpha value is -2.35. The number of hydrogen-bond donors (Lipinski definition) is 2. The Bertz CT molecular complexity index is 611. The third-order valence-electron chi connectivity index (χ3n) is 3.88. The van der Waals surface area contributed by atoms with Crippen LogP contribution in [0.2, 0.25) is 0 Å². The molecule has 0 unspecified atom stereocenters. The first kappa shape index (κ1) is 15.0. The van der Waals surface area contributed by atoms with Gasteiger partial charge in [0, 0.05) is 12.5 Å². The molecule has 2 atom stereocenters. The van der Waals surface area contributed by atoms with Crippen molar-refractivity contribution in [2.24, 2.45) is 17.3 Å². The summed E-state index contributed by atoms with van der Waals surface area (Å²) in [5.41, 5.74) is 0.671. The molecule has 2 N–H and O–H groups in total. The molecule has 0 radical (unpaired) electrons. The van der Waals surface area contributed by atoms with Crippen LogP contribution in [0.5, 0.6) is 0 Å². The van der Waals surface area contributed by atoms with Crippen molar-refractivity contribution in [1.29, 1.82) is 5.26 Å². The van der Waals surface area contributed by atoms with Gasteiger partial charge >= 0.3 is 0 Å². The van der Waals surface area contributed by atoms with Crippen LogP contribution in [-0.2, 0) is 9.59 Å². The second kappa shape index (κ2) is 5.57. The number of nitriles is 1. The Kier molecular flexibility index (Phi) is 3.99. The van der Waals surface area contributed by atoms with Gasteiger partial charge in [0.1, 0.15) is 12.0 Å². The van der Waals surface area contributed by atoms with Crippen LogP contribution in [0.15, 0.2) is 24.3 Å². The van der Waals surface area contributed by atoms with Gasteiger partial charge in [0.05, 0.1) is 11.3 Å². The molecule has 0 saturated carbocycles. The van der Waals surface area contributed by atoms with E-state index in [1.54, 1.807) is 24.3 Å². The van der Waals surface area contributed by atoms with Crippen LogP contribution in [0, 0.1) is 28.6 Å². The Morgan fingerprint density at radius 3 is 2.67 bits per heavy atom. The number of benzene rings is 1. The minimum absolute atomic E-state index is 0.0701. The molecule has 1 aliphatic rings. The first-order valence-electron chi connectivity index (χ1n) is 6.92. The molecule has 2 rings (SSSR count). The van der Waals surface area contributed by atoms with Gasteiger partial charge in [0.15, 0.2) is 0 Å². The van der Waals surface area contributed by atoms with Crippen LogP contribution >= 0.6 is 0 Å². The zero-order valence-electron chi connectivity index (χ0n) is 12.4. The van der Waals surface area contributed by atoms with Crippen molar-refractivity contribution < 1.29 is 9.59 Å². The van der Waals surface area contributed by atoms with Gasteiger partial charge in [-0.25, -0.2) is 0 Å². The third kappa shape index (κ3) is 3.05. The van der Waals surface area contributed by atoms with E-state index in [-0.39, 0.29) is 23.1 Å². The van der Waals surface area contributed by atoms with Crippen molar-refractivity contribution in [2.75, 3.05) is 11.9 Å². The van der Waals surface area contributed by atoms with Crippen molar-refractivity contribution >= 4 is 17.5 Å². The van der Waals surface area contributed by atoms with Gasteiger partial charge in [0.25, 0.3) is 0 Å². The first-order chi connectivity index (χ1) is 9.84. The quantitative estimate of drug-likeness (QED) is 0.814. The topological polar surface area (TPSA) is 82.0 Å². The maximum absolute atomic E-state index is 12.5. The molecule has 5 heteroatoms. The molecule has 0 aromatic heterocycles. The van der Waals surface area contributed by atoms with Gasteiger partial charge < -0.3 is 10.6 Å². The minimum Gasteiger partial charge on any atom is -0.355 e. The molecule has 1 aromatic rings. The number of para-hydroxylation sites is 1. The molecule has 0 aliphatic carbocycles. The fourth-order valence-corrected chi connectivity index (χ4v) is 2.63. The lowest BCUT2D eigenvalue weighted by Gasteiger charge is -2.29. The van der Waals surface area contributed by atoms with Crippen LogP contribution in [0.25, 0.3) is 0 Å². The van der Waals surface area contributed by atoms with Crippen LogP contribution < -0.4 is 10.6 Å². The number of carbonyl (C=O) groups is 2. The summed E-state index contributed by atoms with van der Waals surface area (Å²) in [5.74, 6) is -1.40. The highest BCUT2D eigenvalue weighted by Crippen LogP contribution is 2.35. The Morgan fingerprint density at radius 1 is 1.38 bits per heavy atom. The fraction of sp³-hybridized carbons (Fsp3) is 0.438. The number of amides is 2. The van der Waals surface area contributed by atoms with Crippen molar-refractivity contribution in [1.82, 2.24) is 5.32 Å². The molecule has 5 nitrogen and oxygen atoms in total. The van der Waals surface area contributed by atoms with E-state index in [0.717, 1.165) is 0 Å². The van der Waals surface area contributed by atoms with E-state index >= 15 is 0 Å². The van der Waals surface area contributed by atoms with Gasteiger partial charge in [-0.05, 0) is 17.5 Å². The second-order valence-electron chi connectivity index (χ2n) is 6.34. The zero-order chi connectivity index (χ0) is 15.6. The zero-order valence-corrected chi connectivity index (χ0v) is 12.4. The molecule has 110 valence electrons. The standard InChI is InChI=1S/C16H19N3O2/c1-16(2,3)11-9-18-14(20)13(11)15(21)19-12-7-5-4-6-10(12)8-17/h4-7,11,13H,9H2,1-3H3,(H,18,20)(H,19,21)/t11-,13-/m1/s1. The number of nitrogens with zero attached hydrogens (tertiary/aromatic N) is 1. The Balaban J connectivity index is 2.23. The van der Waals surface area contributed by atoms with Gasteiger partial charge in [0.2, 0.25) is 11.8 Å². The number of rotatable bonds is 2. The SMILES string of the molecule is CC(C)(C)[C@@H]1CNC(=O)[C@@H]1C(=O)Nc1ccccc1C#N. The highest BCUT2D eigenvalue weighted by molar-refractivity contribution is 6.08. The Morgan fingerprint density at radius 2 is 2.05 bits per heavy atom. The summed E-state index contributed by atoms with van der Waals surface area (Å²) in [4.78, 5) is 24.4. The predicted molar refractivity (Wildman–Crippen MR) is 79.2 cm³/mol. The van der Waals surface area contributed by atoms with E-state index in [0.29, 0.717) is 17.8 Å². The molecule has 1 heterocycles. The van der Waals surface area contributed by atoms with E-state index in [4.69, 9.17) is 5.26 Å². The maximum atomic E-state index is 12.5. The molecular formula is C16H19N3O2. The maximum Gasteiger partial charge on any atom is 0.237 e. The van der Waals surface area contributed by atoms with Crippen LogP contribution in [0.3, 0.4) is 0 Å². The third-order valence-corrected chi connectivity index (χ3v) is 3.88. The molecule has 1 aromatic carbocycles.